The molecule has 3 aromatic rings. The van der Waals surface area contributed by atoms with Gasteiger partial charge < -0.3 is 5.41 Å². The number of halogens is 3. The summed E-state index contributed by atoms with van der Waals surface area (Å²) >= 11 is 0. The van der Waals surface area contributed by atoms with E-state index in [1.165, 1.54) is 12.4 Å². The highest BCUT2D eigenvalue weighted by atomic mass is 19.4. The number of rotatable bonds is 9. The Labute approximate surface area is 216 Å². The maximum absolute atomic E-state index is 13.4. The molecule has 0 saturated heterocycles. The molecule has 4 nitrogen and oxygen atoms in total. The van der Waals surface area contributed by atoms with E-state index in [0.29, 0.717) is 17.7 Å². The van der Waals surface area contributed by atoms with Crippen LogP contribution in [0.25, 0.3) is 0 Å². The highest BCUT2D eigenvalue weighted by molar-refractivity contribution is 6.01. The van der Waals surface area contributed by atoms with Crippen LogP contribution in [0.4, 0.5) is 13.2 Å². The van der Waals surface area contributed by atoms with E-state index in [1.54, 1.807) is 19.9 Å². The van der Waals surface area contributed by atoms with Crippen molar-refractivity contribution in [1.29, 1.82) is 5.41 Å². The number of alkyl halides is 3. The summed E-state index contributed by atoms with van der Waals surface area (Å²) in [6.07, 6.45) is -2.50. The number of carbonyl (C=O) groups is 1. The van der Waals surface area contributed by atoms with Crippen LogP contribution in [-0.2, 0) is 17.4 Å². The molecule has 196 valence electrons. The minimum Gasteiger partial charge on any atom is -0.304 e. The van der Waals surface area contributed by atoms with Crippen LogP contribution in [0.3, 0.4) is 0 Å². The summed E-state index contributed by atoms with van der Waals surface area (Å²) in [7, 11) is 0. The van der Waals surface area contributed by atoms with Gasteiger partial charge in [-0.1, -0.05) is 70.2 Å². The van der Waals surface area contributed by atoms with Gasteiger partial charge in [-0.2, -0.15) is 13.2 Å². The number of benzene rings is 2. The topological polar surface area (TPSA) is 66.7 Å². The van der Waals surface area contributed by atoms with Crippen LogP contribution in [0.15, 0.2) is 54.9 Å². The van der Waals surface area contributed by atoms with Crippen molar-refractivity contribution < 1.29 is 18.0 Å². The van der Waals surface area contributed by atoms with Gasteiger partial charge in [0.1, 0.15) is 12.1 Å². The third-order valence-electron chi connectivity index (χ3n) is 7.52. The lowest BCUT2D eigenvalue weighted by Crippen LogP contribution is -2.27. The molecule has 0 saturated carbocycles. The zero-order chi connectivity index (χ0) is 27.5. The molecule has 1 aromatic heterocycles. The molecule has 0 fully saturated rings. The van der Waals surface area contributed by atoms with Gasteiger partial charge in [0.05, 0.1) is 5.56 Å². The summed E-state index contributed by atoms with van der Waals surface area (Å²) in [4.78, 5) is 21.8. The Morgan fingerprint density at radius 1 is 0.865 bits per heavy atom. The molecule has 7 heteroatoms. The predicted molar refractivity (Wildman–Crippen MR) is 140 cm³/mol. The molecule has 0 bridgehead atoms. The van der Waals surface area contributed by atoms with E-state index in [4.69, 9.17) is 5.41 Å². The summed E-state index contributed by atoms with van der Waals surface area (Å²) in [6.45, 7) is 11.2. The smallest absolute Gasteiger partial charge is 0.304 e. The SMILES string of the molecule is Cc1ncnc(C)c1C(=N)Cc1cccc(C(C)C(C)C(=O)C(C)C(C)c2cccc(C(F)(F)F)c2)c1. The second kappa shape index (κ2) is 11.4. The van der Waals surface area contributed by atoms with Gasteiger partial charge in [0.15, 0.2) is 0 Å². The van der Waals surface area contributed by atoms with Crippen LogP contribution < -0.4 is 0 Å². The summed E-state index contributed by atoms with van der Waals surface area (Å²) < 4.78 is 39.5. The van der Waals surface area contributed by atoms with E-state index in [2.05, 4.69) is 9.97 Å². The Balaban J connectivity index is 1.74. The van der Waals surface area contributed by atoms with Crippen molar-refractivity contribution in [3.05, 3.63) is 94.1 Å². The molecule has 1 N–H and O–H groups in total. The van der Waals surface area contributed by atoms with E-state index in [9.17, 15) is 18.0 Å². The minimum atomic E-state index is -4.42. The molecule has 0 aliphatic heterocycles. The summed E-state index contributed by atoms with van der Waals surface area (Å²) in [5.41, 5.74) is 4.48. The maximum atomic E-state index is 13.4. The van der Waals surface area contributed by atoms with Crippen molar-refractivity contribution >= 4 is 11.5 Å². The second-order valence-corrected chi connectivity index (χ2v) is 10.0. The third-order valence-corrected chi connectivity index (χ3v) is 7.52. The normalized spacial score (nSPS) is 15.1. The van der Waals surface area contributed by atoms with Crippen molar-refractivity contribution in [3.8, 4) is 0 Å². The summed E-state index contributed by atoms with van der Waals surface area (Å²) in [6, 6.07) is 13.1. The summed E-state index contributed by atoms with van der Waals surface area (Å²) in [5, 5.41) is 8.61. The highest BCUT2D eigenvalue weighted by Crippen LogP contribution is 2.35. The first-order chi connectivity index (χ1) is 17.3. The molecule has 4 atom stereocenters. The fraction of sp³-hybridized carbons (Fsp3) is 0.400. The van der Waals surface area contributed by atoms with Crippen molar-refractivity contribution in [2.75, 3.05) is 0 Å². The van der Waals surface area contributed by atoms with Gasteiger partial charge in [0, 0.05) is 40.9 Å². The first kappa shape index (κ1) is 28.2. The van der Waals surface area contributed by atoms with Gasteiger partial charge in [-0.3, -0.25) is 4.79 Å². The molecule has 0 radical (unpaired) electrons. The van der Waals surface area contributed by atoms with Crippen LogP contribution >= 0.6 is 0 Å². The van der Waals surface area contributed by atoms with Gasteiger partial charge in [-0.15, -0.1) is 0 Å². The number of nitrogens with zero attached hydrogens (tertiary/aromatic N) is 2. The van der Waals surface area contributed by atoms with Crippen molar-refractivity contribution in [2.24, 2.45) is 11.8 Å². The van der Waals surface area contributed by atoms with Crippen molar-refractivity contribution in [1.82, 2.24) is 9.97 Å². The average molecular weight is 510 g/mol. The lowest BCUT2D eigenvalue weighted by Gasteiger charge is -2.27. The first-order valence-electron chi connectivity index (χ1n) is 12.5. The molecule has 1 heterocycles. The van der Waals surface area contributed by atoms with E-state index < -0.39 is 17.7 Å². The molecule has 4 unspecified atom stereocenters. The minimum absolute atomic E-state index is 0.0169. The largest absolute Gasteiger partial charge is 0.416 e. The number of aromatic nitrogens is 2. The fourth-order valence-electron chi connectivity index (χ4n) is 4.79. The fourth-order valence-corrected chi connectivity index (χ4v) is 4.79. The number of hydrogen-bond donors (Lipinski definition) is 1. The van der Waals surface area contributed by atoms with Gasteiger partial charge in [-0.25, -0.2) is 9.97 Å². The molecule has 0 amide bonds. The van der Waals surface area contributed by atoms with Crippen LogP contribution in [0.1, 0.15) is 78.7 Å². The molecule has 37 heavy (non-hydrogen) atoms. The number of Topliss-reactive ketones (excluding diaryl/α,β-unsaturated/α-hetero) is 1. The predicted octanol–water partition coefficient (Wildman–Crippen LogP) is 7.47. The molecule has 0 aliphatic carbocycles. The molecule has 0 spiro atoms. The average Bonchev–Trinajstić information content (AvgIpc) is 2.86. The standard InChI is InChI=1S/C30H34F3N3O/c1-17(19(3)29(37)20(4)18(2)25-11-8-12-26(15-25)30(31,32)33)24-10-7-9-23(13-24)14-27(34)28-21(5)35-16-36-22(28)6/h7-13,15-20,34H,14H2,1-6H3. The number of hydrogen-bond acceptors (Lipinski definition) is 4. The zero-order valence-electron chi connectivity index (χ0n) is 22.1. The number of nitrogens with one attached hydrogen (secondary N) is 1. The Bertz CT molecular complexity index is 1260. The van der Waals surface area contributed by atoms with E-state index in [0.717, 1.165) is 40.2 Å². The Morgan fingerprint density at radius 3 is 1.92 bits per heavy atom. The molecule has 2 aromatic carbocycles. The highest BCUT2D eigenvalue weighted by Gasteiger charge is 2.33. The van der Waals surface area contributed by atoms with Crippen molar-refractivity contribution in [3.63, 3.8) is 0 Å². The van der Waals surface area contributed by atoms with Gasteiger partial charge in [0.25, 0.3) is 0 Å². The van der Waals surface area contributed by atoms with Gasteiger partial charge in [0.2, 0.25) is 0 Å². The van der Waals surface area contributed by atoms with E-state index >= 15 is 0 Å². The molecule has 0 aliphatic rings. The summed E-state index contributed by atoms with van der Waals surface area (Å²) in [5.74, 6) is -1.20. The Hall–Kier alpha value is -3.35. The lowest BCUT2D eigenvalue weighted by atomic mass is 9.76. The zero-order valence-corrected chi connectivity index (χ0v) is 22.1. The van der Waals surface area contributed by atoms with Crippen LogP contribution in [-0.4, -0.2) is 21.5 Å². The molecular weight excluding hydrogens is 475 g/mol. The van der Waals surface area contributed by atoms with Crippen LogP contribution in [0.5, 0.6) is 0 Å². The monoisotopic (exact) mass is 509 g/mol. The van der Waals surface area contributed by atoms with Gasteiger partial charge >= 0.3 is 6.18 Å². The van der Waals surface area contributed by atoms with E-state index in [-0.39, 0.29) is 23.5 Å². The number of aryl methyl sites for hydroxylation is 2. The Morgan fingerprint density at radius 2 is 1.38 bits per heavy atom. The first-order valence-corrected chi connectivity index (χ1v) is 12.5. The van der Waals surface area contributed by atoms with Crippen LogP contribution in [0, 0.1) is 31.1 Å². The quantitative estimate of drug-likeness (QED) is 0.304. The number of ketones is 1. The maximum Gasteiger partial charge on any atom is 0.416 e. The van der Waals surface area contributed by atoms with E-state index in [1.807, 2.05) is 52.0 Å². The molecular formula is C30H34F3N3O. The molecule has 3 rings (SSSR count). The van der Waals surface area contributed by atoms with Crippen LogP contribution in [0.2, 0.25) is 0 Å². The Kier molecular flexibility index (Phi) is 8.67. The lowest BCUT2D eigenvalue weighted by molar-refractivity contribution is -0.137. The van der Waals surface area contributed by atoms with Gasteiger partial charge in [-0.05, 0) is 48.4 Å². The number of carbonyl (C=O) groups excluding carboxylic acids is 1. The van der Waals surface area contributed by atoms with Crippen molar-refractivity contribution in [2.45, 2.75) is 66.0 Å². The second-order valence-electron chi connectivity index (χ2n) is 10.0. The third kappa shape index (κ3) is 6.51.